The summed E-state index contributed by atoms with van der Waals surface area (Å²) in [6, 6.07) is 0. The van der Waals surface area contributed by atoms with Gasteiger partial charge in [0.05, 0.1) is 0 Å². The summed E-state index contributed by atoms with van der Waals surface area (Å²) in [5.41, 5.74) is 0. The minimum Gasteiger partial charge on any atom is -0.0656 e. The molecule has 2 heteroatoms. The van der Waals surface area contributed by atoms with Crippen molar-refractivity contribution >= 4 is 37.2 Å². The predicted octanol–water partition coefficient (Wildman–Crippen LogP) is 4.85. The Bertz CT molecular complexity index is 18.1. The molecule has 0 aliphatic rings. The quantitative estimate of drug-likeness (QED) is 0.545. The molecule has 0 fully saturated rings. The molecular formula is C7H18I2. The van der Waals surface area contributed by atoms with E-state index in [2.05, 4.69) is 71.9 Å². The molecule has 0 aromatic heterocycles. The second-order valence-corrected chi connectivity index (χ2v) is 2.44. The molecule has 0 aromatic rings. The zero-order valence-electron chi connectivity index (χ0n) is 7.04. The highest BCUT2D eigenvalue weighted by Crippen LogP contribution is 1.89. The third-order valence-corrected chi connectivity index (χ3v) is 0. The lowest BCUT2D eigenvalue weighted by molar-refractivity contribution is 0.737. The summed E-state index contributed by atoms with van der Waals surface area (Å²) in [6.07, 6.45) is 1.25. The average molecular weight is 356 g/mol. The van der Waals surface area contributed by atoms with Crippen LogP contribution in [0, 0.1) is 5.92 Å². The normalized spacial score (nSPS) is 6.67. The summed E-state index contributed by atoms with van der Waals surface area (Å²) < 4.78 is 0. The fourth-order valence-electron chi connectivity index (χ4n) is 0. The molecule has 60 valence electrons. The van der Waals surface area contributed by atoms with Crippen molar-refractivity contribution in [3.05, 3.63) is 0 Å². The Morgan fingerprint density at radius 1 is 1.00 bits per heavy atom. The molecule has 0 saturated carbocycles. The summed E-state index contributed by atoms with van der Waals surface area (Å²) in [6.45, 7) is 10.8. The van der Waals surface area contributed by atoms with Crippen LogP contribution in [-0.4, -0.2) is 0 Å². The van der Waals surface area contributed by atoms with Gasteiger partial charge in [-0.3, -0.25) is 0 Å². The van der Waals surface area contributed by atoms with Crippen molar-refractivity contribution < 1.29 is 0 Å². The van der Waals surface area contributed by atoms with Gasteiger partial charge in [0, 0.05) is 37.2 Å². The second-order valence-electron chi connectivity index (χ2n) is 2.44. The summed E-state index contributed by atoms with van der Waals surface area (Å²) in [7, 11) is 0. The van der Waals surface area contributed by atoms with E-state index in [1.54, 1.807) is 0 Å². The predicted molar refractivity (Wildman–Crippen MR) is 64.5 cm³/mol. The molecule has 0 amide bonds. The molecule has 0 heterocycles. The van der Waals surface area contributed by atoms with Crippen molar-refractivity contribution in [2.24, 2.45) is 5.92 Å². The molecule has 0 saturated heterocycles. The number of halogens is 2. The van der Waals surface area contributed by atoms with Crippen molar-refractivity contribution in [2.45, 2.75) is 41.0 Å². The van der Waals surface area contributed by atoms with Crippen molar-refractivity contribution in [2.75, 3.05) is 0 Å². The van der Waals surface area contributed by atoms with Crippen LogP contribution in [-0.2, 0) is 0 Å². The molecule has 0 unspecified atom stereocenters. The van der Waals surface area contributed by atoms with Crippen molar-refractivity contribution in [1.82, 2.24) is 0 Å². The van der Waals surface area contributed by atoms with Crippen molar-refractivity contribution in [1.29, 1.82) is 0 Å². The monoisotopic (exact) mass is 356 g/mol. The highest BCUT2D eigenvalue weighted by molar-refractivity contribution is 15.0. The van der Waals surface area contributed by atoms with Gasteiger partial charge in [0.1, 0.15) is 0 Å². The molecule has 9 heavy (non-hydrogen) atoms. The number of rotatable bonds is 0. The van der Waals surface area contributed by atoms with E-state index in [1.807, 2.05) is 0 Å². The molecule has 0 atom stereocenters. The van der Waals surface area contributed by atoms with Gasteiger partial charge in [-0.15, -0.1) is 0 Å². The molecule has 0 aromatic carbocycles. The van der Waals surface area contributed by atoms with Crippen LogP contribution in [0.4, 0.5) is 0 Å². The van der Waals surface area contributed by atoms with Crippen LogP contribution in [0.25, 0.3) is 0 Å². The van der Waals surface area contributed by atoms with Gasteiger partial charge in [-0.25, -0.2) is 0 Å². The maximum Gasteiger partial charge on any atom is 0 e. The third-order valence-electron chi connectivity index (χ3n) is 0. The molecular weight excluding hydrogens is 338 g/mol. The zero-order valence-corrected chi connectivity index (χ0v) is 11.4. The van der Waals surface area contributed by atoms with Crippen LogP contribution >= 0.6 is 37.2 Å². The fraction of sp³-hybridized carbons (Fsp3) is 1.00. The SMILES string of the molecule is CC(C)C.CCC.II. The van der Waals surface area contributed by atoms with Crippen LogP contribution in [0.5, 0.6) is 0 Å². The topological polar surface area (TPSA) is 0 Å². The largest absolute Gasteiger partial charge is 0.0656 e. The van der Waals surface area contributed by atoms with Gasteiger partial charge >= 0.3 is 0 Å². The highest BCUT2D eigenvalue weighted by Gasteiger charge is 1.68. The zero-order chi connectivity index (χ0) is 8.28. The van der Waals surface area contributed by atoms with Gasteiger partial charge in [0.25, 0.3) is 0 Å². The van der Waals surface area contributed by atoms with E-state index in [4.69, 9.17) is 0 Å². The molecule has 0 aliphatic carbocycles. The molecule has 0 bridgehead atoms. The van der Waals surface area contributed by atoms with E-state index in [9.17, 15) is 0 Å². The van der Waals surface area contributed by atoms with E-state index < -0.39 is 0 Å². The first kappa shape index (κ1) is 16.8. The summed E-state index contributed by atoms with van der Waals surface area (Å²) >= 11 is 4.24. The maximum absolute atomic E-state index is 2.17. The molecule has 0 N–H and O–H groups in total. The van der Waals surface area contributed by atoms with Gasteiger partial charge in [-0.1, -0.05) is 41.0 Å². The van der Waals surface area contributed by atoms with Crippen molar-refractivity contribution in [3.8, 4) is 0 Å². The Labute approximate surface area is 83.5 Å². The smallest absolute Gasteiger partial charge is 0 e. The van der Waals surface area contributed by atoms with E-state index in [0.29, 0.717) is 0 Å². The Hall–Kier alpha value is 1.46. The highest BCUT2D eigenvalue weighted by atomic mass is 128. The lowest BCUT2D eigenvalue weighted by atomic mass is 10.3. The first-order valence-electron chi connectivity index (χ1n) is 3.29. The average Bonchev–Trinajstić information content (AvgIpc) is 1.71. The van der Waals surface area contributed by atoms with Gasteiger partial charge in [0.2, 0.25) is 0 Å². The van der Waals surface area contributed by atoms with E-state index in [0.717, 1.165) is 5.92 Å². The maximum atomic E-state index is 2.17. The summed E-state index contributed by atoms with van der Waals surface area (Å²) in [5.74, 6) is 0.833. The molecule has 0 radical (unpaired) electrons. The molecule has 0 aliphatic heterocycles. The van der Waals surface area contributed by atoms with Gasteiger partial charge < -0.3 is 0 Å². The fourth-order valence-corrected chi connectivity index (χ4v) is 0. The summed E-state index contributed by atoms with van der Waals surface area (Å²) in [4.78, 5) is 0. The van der Waals surface area contributed by atoms with Crippen molar-refractivity contribution in [3.63, 3.8) is 0 Å². The third kappa shape index (κ3) is 247. The number of hydrogen-bond donors (Lipinski definition) is 0. The van der Waals surface area contributed by atoms with Crippen LogP contribution in [0.2, 0.25) is 0 Å². The Kier molecular flexibility index (Phi) is 42.4. The number of hydrogen-bond acceptors (Lipinski definition) is 0. The Morgan fingerprint density at radius 3 is 1.00 bits per heavy atom. The van der Waals surface area contributed by atoms with E-state index >= 15 is 0 Å². The first-order valence-corrected chi connectivity index (χ1v) is 9.57. The molecule has 0 spiro atoms. The Balaban J connectivity index is -0.0000000646. The lowest BCUT2D eigenvalue weighted by Gasteiger charge is -1.79. The van der Waals surface area contributed by atoms with Crippen LogP contribution in [0.1, 0.15) is 41.0 Å². The summed E-state index contributed by atoms with van der Waals surface area (Å²) in [5, 5.41) is 0. The Morgan fingerprint density at radius 2 is 1.00 bits per heavy atom. The van der Waals surface area contributed by atoms with E-state index in [1.165, 1.54) is 6.42 Å². The second kappa shape index (κ2) is 22.7. The minimum atomic E-state index is 0.833. The first-order chi connectivity index (χ1) is 4.15. The van der Waals surface area contributed by atoms with Gasteiger partial charge in [-0.2, -0.15) is 0 Å². The van der Waals surface area contributed by atoms with E-state index in [-0.39, 0.29) is 0 Å². The standard InChI is InChI=1S/C4H10.C3H8.I2/c1-4(2)3;1-3-2;1-2/h4H,1-3H3;3H2,1-2H3;. The molecule has 0 nitrogen and oxygen atoms in total. The van der Waals surface area contributed by atoms with Crippen LogP contribution < -0.4 is 0 Å². The minimum absolute atomic E-state index is 0.833. The van der Waals surface area contributed by atoms with Gasteiger partial charge in [-0.05, 0) is 5.92 Å². The molecule has 0 rings (SSSR count). The van der Waals surface area contributed by atoms with Crippen LogP contribution in [0.3, 0.4) is 0 Å². The van der Waals surface area contributed by atoms with Gasteiger partial charge in [0.15, 0.2) is 0 Å². The lowest BCUT2D eigenvalue weighted by Crippen LogP contribution is -1.66. The van der Waals surface area contributed by atoms with Crippen LogP contribution in [0.15, 0.2) is 0 Å².